The van der Waals surface area contributed by atoms with Gasteiger partial charge in [-0.2, -0.15) is 0 Å². The predicted molar refractivity (Wildman–Crippen MR) is 99.8 cm³/mol. The van der Waals surface area contributed by atoms with E-state index < -0.39 is 42.2 Å². The molecule has 0 aromatic carbocycles. The summed E-state index contributed by atoms with van der Waals surface area (Å²) in [6.07, 6.45) is 4.31. The number of nitrogens with two attached hydrogens (primary N) is 2. The Labute approximate surface area is 167 Å². The SMILES string of the molecule is C[C@H](CN(CC(N)=O)CC(=O)N1C=CCC(C(=O)O)=C1)N(CC(N)=O)CC(=O)O. The Morgan fingerprint density at radius 2 is 1.69 bits per heavy atom. The van der Waals surface area contributed by atoms with Gasteiger partial charge < -0.3 is 21.7 Å². The number of nitrogens with zero attached hydrogens (tertiary/aromatic N) is 3. The summed E-state index contributed by atoms with van der Waals surface area (Å²) in [6, 6.07) is -0.548. The van der Waals surface area contributed by atoms with Crippen LogP contribution in [0.2, 0.25) is 0 Å². The molecule has 160 valence electrons. The Hall–Kier alpha value is -3.25. The van der Waals surface area contributed by atoms with Crippen molar-refractivity contribution in [2.24, 2.45) is 11.5 Å². The molecule has 0 aromatic heterocycles. The van der Waals surface area contributed by atoms with Crippen molar-refractivity contribution >= 4 is 29.7 Å². The molecule has 6 N–H and O–H groups in total. The summed E-state index contributed by atoms with van der Waals surface area (Å²) >= 11 is 0. The summed E-state index contributed by atoms with van der Waals surface area (Å²) in [7, 11) is 0. The van der Waals surface area contributed by atoms with Crippen molar-refractivity contribution in [3.63, 3.8) is 0 Å². The van der Waals surface area contributed by atoms with Crippen LogP contribution in [0.4, 0.5) is 0 Å². The molecule has 3 amide bonds. The first-order chi connectivity index (χ1) is 13.5. The van der Waals surface area contributed by atoms with Crippen LogP contribution in [-0.2, 0) is 24.0 Å². The second kappa shape index (κ2) is 10.9. The zero-order valence-electron chi connectivity index (χ0n) is 16.0. The zero-order chi connectivity index (χ0) is 22.1. The van der Waals surface area contributed by atoms with Gasteiger partial charge in [-0.3, -0.25) is 33.9 Å². The smallest absolute Gasteiger partial charge is 0.333 e. The molecule has 0 fully saturated rings. The Morgan fingerprint density at radius 3 is 2.21 bits per heavy atom. The first-order valence-corrected chi connectivity index (χ1v) is 8.66. The van der Waals surface area contributed by atoms with E-state index in [1.54, 1.807) is 6.92 Å². The third-order valence-corrected chi connectivity index (χ3v) is 4.04. The normalized spacial score (nSPS) is 14.6. The highest BCUT2D eigenvalue weighted by atomic mass is 16.4. The van der Waals surface area contributed by atoms with Crippen molar-refractivity contribution in [2.75, 3.05) is 32.7 Å². The molecule has 0 aromatic rings. The van der Waals surface area contributed by atoms with Gasteiger partial charge in [0.2, 0.25) is 17.7 Å². The molecule has 0 saturated carbocycles. The summed E-state index contributed by atoms with van der Waals surface area (Å²) in [5.41, 5.74) is 10.4. The predicted octanol–water partition coefficient (Wildman–Crippen LogP) is -2.25. The summed E-state index contributed by atoms with van der Waals surface area (Å²) in [4.78, 5) is 61.0. The Kier molecular flexibility index (Phi) is 8.96. The minimum absolute atomic E-state index is 0.0322. The quantitative estimate of drug-likeness (QED) is 0.275. The van der Waals surface area contributed by atoms with E-state index in [-0.39, 0.29) is 38.2 Å². The van der Waals surface area contributed by atoms with E-state index in [4.69, 9.17) is 21.7 Å². The van der Waals surface area contributed by atoms with Gasteiger partial charge in [-0.15, -0.1) is 0 Å². The van der Waals surface area contributed by atoms with E-state index in [9.17, 15) is 24.0 Å². The number of primary amides is 2. The lowest BCUT2D eigenvalue weighted by Gasteiger charge is -2.31. The van der Waals surface area contributed by atoms with Crippen molar-refractivity contribution in [1.82, 2.24) is 14.7 Å². The first-order valence-electron chi connectivity index (χ1n) is 8.66. The molecule has 1 rings (SSSR count). The van der Waals surface area contributed by atoms with Crippen molar-refractivity contribution in [3.05, 3.63) is 24.0 Å². The summed E-state index contributed by atoms with van der Waals surface area (Å²) in [6.45, 7) is 0.322. The number of aliphatic carboxylic acids is 2. The second-order valence-corrected chi connectivity index (χ2v) is 6.60. The number of carboxylic acid groups (broad SMARTS) is 2. The summed E-state index contributed by atoms with van der Waals surface area (Å²) < 4.78 is 0. The molecule has 0 spiro atoms. The molecule has 1 atom stereocenters. The molecule has 0 bridgehead atoms. The molecule has 1 heterocycles. The highest BCUT2D eigenvalue weighted by Gasteiger charge is 2.25. The van der Waals surface area contributed by atoms with Crippen molar-refractivity contribution in [3.8, 4) is 0 Å². The minimum atomic E-state index is -1.17. The van der Waals surface area contributed by atoms with Crippen LogP contribution in [0, 0.1) is 0 Å². The maximum Gasteiger partial charge on any atom is 0.333 e. The fraction of sp³-hybridized carbons (Fsp3) is 0.471. The van der Waals surface area contributed by atoms with Gasteiger partial charge in [0.1, 0.15) is 0 Å². The van der Waals surface area contributed by atoms with Gasteiger partial charge in [-0.1, -0.05) is 6.08 Å². The minimum Gasteiger partial charge on any atom is -0.480 e. The second-order valence-electron chi connectivity index (χ2n) is 6.60. The lowest BCUT2D eigenvalue weighted by molar-refractivity contribution is -0.140. The molecule has 0 unspecified atom stereocenters. The van der Waals surface area contributed by atoms with E-state index in [1.807, 2.05) is 0 Å². The lowest BCUT2D eigenvalue weighted by Crippen LogP contribution is -2.50. The Morgan fingerprint density at radius 1 is 1.07 bits per heavy atom. The summed E-state index contributed by atoms with van der Waals surface area (Å²) in [5.74, 6) is -4.25. The Bertz CT molecular complexity index is 718. The molecular weight excluding hydrogens is 386 g/mol. The number of rotatable bonds is 12. The standard InChI is InChI=1S/C17H25N5O7/c1-11(22(8-14(19)24)10-16(26)27)5-20(7-13(18)23)9-15(25)21-4-2-3-12(6-21)17(28)29/h2,4,6,11H,3,5,7-10H2,1H3,(H2,18,23)(H2,19,24)(H,26,27)(H,28,29)/t11-/m1/s1. The van der Waals surface area contributed by atoms with Crippen LogP contribution in [0.5, 0.6) is 0 Å². The van der Waals surface area contributed by atoms with Crippen LogP contribution >= 0.6 is 0 Å². The fourth-order valence-corrected chi connectivity index (χ4v) is 2.76. The van der Waals surface area contributed by atoms with Crippen molar-refractivity contribution < 1.29 is 34.2 Å². The van der Waals surface area contributed by atoms with Gasteiger partial charge in [0.25, 0.3) is 0 Å². The number of carboxylic acids is 2. The number of amides is 3. The molecule has 0 saturated heterocycles. The third kappa shape index (κ3) is 8.53. The molecular formula is C17H25N5O7. The molecule has 12 heteroatoms. The van der Waals surface area contributed by atoms with Crippen LogP contribution in [0.3, 0.4) is 0 Å². The van der Waals surface area contributed by atoms with Gasteiger partial charge in [0, 0.05) is 31.4 Å². The van der Waals surface area contributed by atoms with E-state index in [1.165, 1.54) is 28.3 Å². The third-order valence-electron chi connectivity index (χ3n) is 4.04. The number of hydrogen-bond donors (Lipinski definition) is 4. The number of carbonyl (C=O) groups is 5. The monoisotopic (exact) mass is 411 g/mol. The van der Waals surface area contributed by atoms with Crippen LogP contribution in [-0.4, -0.2) is 93.3 Å². The van der Waals surface area contributed by atoms with Crippen LogP contribution in [0.15, 0.2) is 24.0 Å². The maximum absolute atomic E-state index is 12.5. The van der Waals surface area contributed by atoms with Gasteiger partial charge in [-0.05, 0) is 6.92 Å². The van der Waals surface area contributed by atoms with E-state index in [0.717, 1.165) is 4.90 Å². The largest absolute Gasteiger partial charge is 0.480 e. The average molecular weight is 411 g/mol. The lowest BCUT2D eigenvalue weighted by atomic mass is 10.1. The molecule has 1 aliphatic rings. The van der Waals surface area contributed by atoms with E-state index in [0.29, 0.717) is 0 Å². The highest BCUT2D eigenvalue weighted by Crippen LogP contribution is 2.13. The van der Waals surface area contributed by atoms with Gasteiger partial charge >= 0.3 is 11.9 Å². The van der Waals surface area contributed by atoms with Gasteiger partial charge in [0.05, 0.1) is 31.8 Å². The molecule has 1 aliphatic heterocycles. The van der Waals surface area contributed by atoms with Gasteiger partial charge in [-0.25, -0.2) is 4.79 Å². The van der Waals surface area contributed by atoms with E-state index in [2.05, 4.69) is 0 Å². The number of allylic oxidation sites excluding steroid dienone is 1. The average Bonchev–Trinajstić information content (AvgIpc) is 2.59. The highest BCUT2D eigenvalue weighted by molar-refractivity contribution is 5.89. The molecule has 12 nitrogen and oxygen atoms in total. The van der Waals surface area contributed by atoms with Crippen molar-refractivity contribution in [2.45, 2.75) is 19.4 Å². The first kappa shape index (κ1) is 23.8. The fourth-order valence-electron chi connectivity index (χ4n) is 2.76. The van der Waals surface area contributed by atoms with Gasteiger partial charge in [0.15, 0.2) is 0 Å². The zero-order valence-corrected chi connectivity index (χ0v) is 16.0. The topological polar surface area (TPSA) is 188 Å². The summed E-state index contributed by atoms with van der Waals surface area (Å²) in [5, 5.41) is 18.1. The molecule has 0 radical (unpaired) electrons. The van der Waals surface area contributed by atoms with Crippen LogP contribution in [0.25, 0.3) is 0 Å². The van der Waals surface area contributed by atoms with Crippen LogP contribution in [0.1, 0.15) is 13.3 Å². The number of hydrogen-bond acceptors (Lipinski definition) is 7. The molecule has 0 aliphatic carbocycles. The maximum atomic E-state index is 12.5. The molecule has 29 heavy (non-hydrogen) atoms. The Balaban J connectivity index is 2.88. The van der Waals surface area contributed by atoms with E-state index >= 15 is 0 Å². The van der Waals surface area contributed by atoms with Crippen molar-refractivity contribution in [1.29, 1.82) is 0 Å². The van der Waals surface area contributed by atoms with Crippen LogP contribution < -0.4 is 11.5 Å². The number of carbonyl (C=O) groups excluding carboxylic acids is 3.